The SMILES string of the molecule is CCOC(=O)C(=C=N)C(c1ccccc1F)C(C(=O)Nc1ccc(Br)cc1)[n+]1ccccc1. The van der Waals surface area contributed by atoms with E-state index in [0.717, 1.165) is 4.47 Å². The largest absolute Gasteiger partial charge is 0.462 e. The van der Waals surface area contributed by atoms with Crippen molar-refractivity contribution < 1.29 is 23.3 Å². The van der Waals surface area contributed by atoms with Gasteiger partial charge in [0, 0.05) is 27.9 Å². The molecule has 2 N–H and O–H groups in total. The Kier molecular flexibility index (Phi) is 8.24. The van der Waals surface area contributed by atoms with Gasteiger partial charge in [-0.3, -0.25) is 10.2 Å². The molecule has 3 aromatic rings. The standard InChI is InChI=1S/C25H21BrFN3O3/c1-2-33-25(32)20(16-28)22(19-8-4-5-9-21(19)27)23(30-14-6-3-7-15-30)24(31)29-18-12-10-17(26)11-13-18/h3-15,22-23,28H,2H2,1H3/p+1. The minimum absolute atomic E-state index is 0.0578. The second-order valence-corrected chi connectivity index (χ2v) is 7.94. The molecule has 0 saturated heterocycles. The summed E-state index contributed by atoms with van der Waals surface area (Å²) < 4.78 is 22.5. The molecule has 0 saturated carbocycles. The van der Waals surface area contributed by atoms with Gasteiger partial charge in [0.2, 0.25) is 6.04 Å². The van der Waals surface area contributed by atoms with Crippen LogP contribution >= 0.6 is 15.9 Å². The Balaban J connectivity index is 2.18. The topological polar surface area (TPSA) is 83.1 Å². The predicted octanol–water partition coefficient (Wildman–Crippen LogP) is 4.58. The Labute approximate surface area is 199 Å². The van der Waals surface area contributed by atoms with Crippen molar-refractivity contribution >= 4 is 39.4 Å². The van der Waals surface area contributed by atoms with Crippen molar-refractivity contribution in [2.45, 2.75) is 18.9 Å². The highest BCUT2D eigenvalue weighted by atomic mass is 79.9. The molecule has 1 aromatic heterocycles. The van der Waals surface area contributed by atoms with Crippen molar-refractivity contribution in [3.63, 3.8) is 0 Å². The normalized spacial score (nSPS) is 12.2. The molecule has 0 fully saturated rings. The molecule has 1 amide bonds. The minimum atomic E-state index is -1.18. The second kappa shape index (κ2) is 11.3. The van der Waals surface area contributed by atoms with Gasteiger partial charge in [-0.2, -0.15) is 4.57 Å². The zero-order chi connectivity index (χ0) is 23.8. The molecule has 33 heavy (non-hydrogen) atoms. The third-order valence-corrected chi connectivity index (χ3v) is 5.47. The highest BCUT2D eigenvalue weighted by Crippen LogP contribution is 2.35. The first-order chi connectivity index (χ1) is 16.0. The molecule has 0 bridgehead atoms. The fourth-order valence-electron chi connectivity index (χ4n) is 3.48. The third-order valence-electron chi connectivity index (χ3n) is 4.94. The van der Waals surface area contributed by atoms with Crippen LogP contribution in [0.25, 0.3) is 0 Å². The Morgan fingerprint density at radius 1 is 1.09 bits per heavy atom. The molecule has 8 heteroatoms. The van der Waals surface area contributed by atoms with Crippen molar-refractivity contribution in [3.05, 3.63) is 101 Å². The van der Waals surface area contributed by atoms with E-state index < -0.39 is 29.7 Å². The van der Waals surface area contributed by atoms with E-state index in [1.807, 2.05) is 0 Å². The van der Waals surface area contributed by atoms with Crippen LogP contribution in [0.3, 0.4) is 0 Å². The number of rotatable bonds is 8. The van der Waals surface area contributed by atoms with Crippen LogP contribution in [0, 0.1) is 11.2 Å². The second-order valence-electron chi connectivity index (χ2n) is 7.02. The molecule has 0 aliphatic heterocycles. The van der Waals surface area contributed by atoms with Crippen LogP contribution in [0.2, 0.25) is 0 Å². The third kappa shape index (κ3) is 5.80. The number of hydrogen-bond acceptors (Lipinski definition) is 4. The fourth-order valence-corrected chi connectivity index (χ4v) is 3.75. The molecule has 0 aliphatic carbocycles. The number of benzene rings is 2. The van der Waals surface area contributed by atoms with Gasteiger partial charge in [-0.25, -0.2) is 9.18 Å². The van der Waals surface area contributed by atoms with Crippen molar-refractivity contribution in [1.82, 2.24) is 0 Å². The van der Waals surface area contributed by atoms with Crippen molar-refractivity contribution in [3.8, 4) is 0 Å². The highest BCUT2D eigenvalue weighted by Gasteiger charge is 2.44. The summed E-state index contributed by atoms with van der Waals surface area (Å²) >= 11 is 3.36. The van der Waals surface area contributed by atoms with Gasteiger partial charge in [-0.15, -0.1) is 0 Å². The fraction of sp³-hybridized carbons (Fsp3) is 0.160. The van der Waals surface area contributed by atoms with Gasteiger partial charge in [0.05, 0.1) is 12.5 Å². The van der Waals surface area contributed by atoms with Gasteiger partial charge in [0.1, 0.15) is 11.4 Å². The first kappa shape index (κ1) is 24.0. The number of carbonyl (C=O) groups excluding carboxylic acids is 2. The Morgan fingerprint density at radius 2 is 1.76 bits per heavy atom. The number of anilines is 1. The molecule has 3 rings (SSSR count). The maximum Gasteiger partial charge on any atom is 0.344 e. The quantitative estimate of drug-likeness (QED) is 0.201. The lowest BCUT2D eigenvalue weighted by Crippen LogP contribution is -2.50. The van der Waals surface area contributed by atoms with Gasteiger partial charge in [0.15, 0.2) is 12.4 Å². The lowest BCUT2D eigenvalue weighted by molar-refractivity contribution is -0.710. The Morgan fingerprint density at radius 3 is 2.36 bits per heavy atom. The van der Waals surface area contributed by atoms with E-state index in [4.69, 9.17) is 10.1 Å². The van der Waals surface area contributed by atoms with Gasteiger partial charge >= 0.3 is 5.97 Å². The van der Waals surface area contributed by atoms with E-state index in [1.54, 1.807) is 72.4 Å². The van der Waals surface area contributed by atoms with Gasteiger partial charge in [-0.05, 0) is 43.1 Å². The van der Waals surface area contributed by atoms with Gasteiger partial charge in [-0.1, -0.05) is 40.2 Å². The van der Waals surface area contributed by atoms with Crippen LogP contribution < -0.4 is 9.88 Å². The summed E-state index contributed by atoms with van der Waals surface area (Å²) in [7, 11) is 0. The lowest BCUT2D eigenvalue weighted by Gasteiger charge is -2.23. The van der Waals surface area contributed by atoms with E-state index in [2.05, 4.69) is 27.1 Å². The summed E-state index contributed by atoms with van der Waals surface area (Å²) in [6.07, 6.45) is 3.29. The van der Waals surface area contributed by atoms with Gasteiger partial charge in [0.25, 0.3) is 5.91 Å². The van der Waals surface area contributed by atoms with Crippen LogP contribution in [0.15, 0.2) is 89.2 Å². The first-order valence-corrected chi connectivity index (χ1v) is 11.0. The van der Waals surface area contributed by atoms with Crippen LogP contribution in [-0.4, -0.2) is 24.4 Å². The zero-order valence-electron chi connectivity index (χ0n) is 17.8. The van der Waals surface area contributed by atoms with Crippen LogP contribution in [0.4, 0.5) is 10.1 Å². The highest BCUT2D eigenvalue weighted by molar-refractivity contribution is 9.10. The smallest absolute Gasteiger partial charge is 0.344 e. The summed E-state index contributed by atoms with van der Waals surface area (Å²) in [6, 6.07) is 16.9. The van der Waals surface area contributed by atoms with Crippen molar-refractivity contribution in [2.75, 3.05) is 11.9 Å². The summed E-state index contributed by atoms with van der Waals surface area (Å²) in [4.78, 5) is 26.3. The van der Waals surface area contributed by atoms with Crippen molar-refractivity contribution in [1.29, 1.82) is 5.41 Å². The summed E-state index contributed by atoms with van der Waals surface area (Å²) in [6.45, 7) is 1.68. The number of aromatic nitrogens is 1. The van der Waals surface area contributed by atoms with E-state index in [0.29, 0.717) is 5.69 Å². The molecule has 0 aliphatic rings. The van der Waals surface area contributed by atoms with Crippen LogP contribution in [0.1, 0.15) is 24.4 Å². The number of nitrogens with zero attached hydrogens (tertiary/aromatic N) is 1. The van der Waals surface area contributed by atoms with E-state index in [-0.39, 0.29) is 17.7 Å². The van der Waals surface area contributed by atoms with Gasteiger partial charge < -0.3 is 10.1 Å². The summed E-state index contributed by atoms with van der Waals surface area (Å²) in [5.74, 6) is -1.01. The first-order valence-electron chi connectivity index (χ1n) is 10.2. The van der Waals surface area contributed by atoms with Crippen molar-refractivity contribution in [2.24, 2.45) is 0 Å². The van der Waals surface area contributed by atoms with Crippen LogP contribution in [-0.2, 0) is 14.3 Å². The van der Waals surface area contributed by atoms with E-state index in [1.165, 1.54) is 18.2 Å². The minimum Gasteiger partial charge on any atom is -0.462 e. The zero-order valence-corrected chi connectivity index (χ0v) is 19.4. The molecular formula is C25H22BrFN3O3+. The Hall–Kier alpha value is -3.61. The number of carbonyl (C=O) groups is 2. The molecule has 6 nitrogen and oxygen atoms in total. The molecule has 1 heterocycles. The number of pyridine rings is 1. The molecule has 168 valence electrons. The number of halogens is 2. The molecular weight excluding hydrogens is 489 g/mol. The number of amides is 1. The molecule has 2 unspecified atom stereocenters. The number of esters is 1. The maximum absolute atomic E-state index is 15.0. The Bertz CT molecular complexity index is 1180. The predicted molar refractivity (Wildman–Crippen MR) is 125 cm³/mol. The summed E-state index contributed by atoms with van der Waals surface area (Å²) in [5.41, 5.74) is 0.343. The number of ether oxygens (including phenoxy) is 1. The van der Waals surface area contributed by atoms with E-state index >= 15 is 0 Å². The molecule has 2 aromatic carbocycles. The summed E-state index contributed by atoms with van der Waals surface area (Å²) in [5, 5.41) is 10.6. The molecule has 2 atom stereocenters. The van der Waals surface area contributed by atoms with Crippen LogP contribution in [0.5, 0.6) is 0 Å². The number of hydrogen-bond donors (Lipinski definition) is 2. The monoisotopic (exact) mass is 510 g/mol. The molecule has 0 spiro atoms. The average Bonchev–Trinajstić information content (AvgIpc) is 2.82. The lowest BCUT2D eigenvalue weighted by atomic mass is 9.83. The number of nitrogens with one attached hydrogen (secondary N) is 2. The molecule has 0 radical (unpaired) electrons. The van der Waals surface area contributed by atoms with E-state index in [9.17, 15) is 14.0 Å². The average molecular weight is 511 g/mol. The maximum atomic E-state index is 15.0.